The highest BCUT2D eigenvalue weighted by Crippen LogP contribution is 2.42. The molecule has 6 unspecified atom stereocenters. The molecule has 0 aromatic carbocycles. The predicted molar refractivity (Wildman–Crippen MR) is 196 cm³/mol. The third-order valence-electron chi connectivity index (χ3n) is 14.4. The van der Waals surface area contributed by atoms with E-state index in [1.807, 2.05) is 0 Å². The Labute approximate surface area is 306 Å². The van der Waals surface area contributed by atoms with Crippen molar-refractivity contribution < 1.29 is 34.1 Å². The van der Waals surface area contributed by atoms with Crippen molar-refractivity contribution in [2.45, 2.75) is 191 Å². The maximum absolute atomic E-state index is 13.4. The molecule has 0 aromatic rings. The smallest absolute Gasteiger partial charge is 0.307 e. The van der Waals surface area contributed by atoms with Crippen molar-refractivity contribution in [1.82, 2.24) is 10.6 Å². The summed E-state index contributed by atoms with van der Waals surface area (Å²) in [5.41, 5.74) is 0. The molecule has 0 aromatic heterocycles. The molecule has 9 nitrogen and oxygen atoms in total. The number of carboxylic acids is 2. The molecular formula is C42H68N2O7. The molecule has 0 radical (unpaired) electrons. The summed E-state index contributed by atoms with van der Waals surface area (Å²) in [7, 11) is 0. The largest absolute Gasteiger partial charge is 0.481 e. The fourth-order valence-corrected chi connectivity index (χ4v) is 11.5. The standard InChI is InChI=1S/C42H68N2O7/c45-39(35-21-11-29(25-37(35)41(47)48)23-27-7-3-1-4-8-27)43-31-13-17-33(18-14-31)51-34-19-15-32(16-20-34)44-40(46)36-22-12-30(26-38(36)42(49)50)24-28-9-5-2-6-10-28/h27-38H,1-26H2,(H,43,45)(H,44,46)(H,47,48)(H,49,50). The highest BCUT2D eigenvalue weighted by molar-refractivity contribution is 5.85. The Balaban J connectivity index is 0.870. The van der Waals surface area contributed by atoms with Gasteiger partial charge < -0.3 is 25.6 Å². The summed E-state index contributed by atoms with van der Waals surface area (Å²) < 4.78 is 6.54. The SMILES string of the molecule is O=C(O)C1CC(CC2CCCCC2)CCC1C(=O)NC1CCC(OC2CCC(NC(=O)C3CCC(CC4CCCCC4)CC3C(=O)O)CC2)CC1. The first-order chi connectivity index (χ1) is 24.7. The van der Waals surface area contributed by atoms with Gasteiger partial charge in [-0.05, 0) is 126 Å². The lowest BCUT2D eigenvalue weighted by Gasteiger charge is -2.38. The van der Waals surface area contributed by atoms with Gasteiger partial charge in [-0.2, -0.15) is 0 Å². The molecule has 6 saturated carbocycles. The third kappa shape index (κ3) is 10.9. The van der Waals surface area contributed by atoms with Gasteiger partial charge in [-0.3, -0.25) is 19.2 Å². The minimum absolute atomic E-state index is 0.0644. The van der Waals surface area contributed by atoms with Crippen molar-refractivity contribution >= 4 is 23.8 Å². The summed E-state index contributed by atoms with van der Waals surface area (Å²) in [6, 6.07) is 0.157. The molecular weight excluding hydrogens is 644 g/mol. The van der Waals surface area contributed by atoms with E-state index in [0.29, 0.717) is 37.5 Å². The van der Waals surface area contributed by atoms with Crippen LogP contribution in [0.5, 0.6) is 0 Å². The van der Waals surface area contributed by atoms with Crippen LogP contribution >= 0.6 is 0 Å². The first-order valence-corrected chi connectivity index (χ1v) is 21.4. The van der Waals surface area contributed by atoms with E-state index in [2.05, 4.69) is 10.6 Å². The number of carbonyl (C=O) groups excluding carboxylic acids is 2. The van der Waals surface area contributed by atoms with E-state index in [1.54, 1.807) is 0 Å². The van der Waals surface area contributed by atoms with Crippen molar-refractivity contribution in [3.8, 4) is 0 Å². The van der Waals surface area contributed by atoms with Crippen molar-refractivity contribution in [2.24, 2.45) is 47.3 Å². The number of nitrogens with one attached hydrogen (secondary N) is 2. The Morgan fingerprint density at radius 2 is 0.804 bits per heavy atom. The number of carboxylic acid groups (broad SMARTS) is 2. The van der Waals surface area contributed by atoms with Crippen molar-refractivity contribution in [2.75, 3.05) is 0 Å². The van der Waals surface area contributed by atoms with Crippen LogP contribution in [0, 0.1) is 47.3 Å². The van der Waals surface area contributed by atoms with Crippen LogP contribution in [0.25, 0.3) is 0 Å². The van der Waals surface area contributed by atoms with E-state index in [0.717, 1.165) is 88.9 Å². The van der Waals surface area contributed by atoms with Crippen molar-refractivity contribution in [1.29, 1.82) is 0 Å². The number of amides is 2. The molecule has 51 heavy (non-hydrogen) atoms. The minimum atomic E-state index is -0.813. The van der Waals surface area contributed by atoms with Gasteiger partial charge in [-0.1, -0.05) is 64.2 Å². The molecule has 0 aliphatic heterocycles. The maximum atomic E-state index is 13.4. The molecule has 6 fully saturated rings. The quantitative estimate of drug-likeness (QED) is 0.161. The van der Waals surface area contributed by atoms with Crippen LogP contribution < -0.4 is 10.6 Å². The zero-order valence-corrected chi connectivity index (χ0v) is 31.2. The number of hydrogen-bond donors (Lipinski definition) is 4. The number of rotatable bonds is 12. The zero-order chi connectivity index (χ0) is 35.7. The summed E-state index contributed by atoms with van der Waals surface area (Å²) in [5, 5.41) is 26.6. The first-order valence-electron chi connectivity index (χ1n) is 21.4. The van der Waals surface area contributed by atoms with Crippen LogP contribution in [0.4, 0.5) is 0 Å². The lowest BCUT2D eigenvalue weighted by molar-refractivity contribution is -0.150. The predicted octanol–water partition coefficient (Wildman–Crippen LogP) is 8.03. The van der Waals surface area contributed by atoms with Gasteiger partial charge in [0.25, 0.3) is 0 Å². The van der Waals surface area contributed by atoms with E-state index < -0.39 is 35.6 Å². The Morgan fingerprint density at radius 1 is 0.431 bits per heavy atom. The maximum Gasteiger partial charge on any atom is 0.307 e. The van der Waals surface area contributed by atoms with E-state index in [1.165, 1.54) is 64.2 Å². The molecule has 6 rings (SSSR count). The summed E-state index contributed by atoms with van der Waals surface area (Å²) in [5.74, 6) is -1.41. The fourth-order valence-electron chi connectivity index (χ4n) is 11.5. The topological polar surface area (TPSA) is 142 Å². The van der Waals surface area contributed by atoms with Crippen LogP contribution in [0.3, 0.4) is 0 Å². The van der Waals surface area contributed by atoms with Gasteiger partial charge in [0.2, 0.25) is 11.8 Å². The second-order valence-electron chi connectivity index (χ2n) is 18.0. The van der Waals surface area contributed by atoms with Crippen LogP contribution in [0.2, 0.25) is 0 Å². The van der Waals surface area contributed by atoms with Crippen molar-refractivity contribution in [3.05, 3.63) is 0 Å². The number of aliphatic carboxylic acids is 2. The summed E-state index contributed by atoms with van der Waals surface area (Å²) in [4.78, 5) is 51.2. The van der Waals surface area contributed by atoms with E-state index in [-0.39, 0.29) is 36.1 Å². The Hall–Kier alpha value is -2.16. The molecule has 6 atom stereocenters. The van der Waals surface area contributed by atoms with Gasteiger partial charge >= 0.3 is 11.9 Å². The van der Waals surface area contributed by atoms with Gasteiger partial charge in [-0.25, -0.2) is 0 Å². The molecule has 9 heteroatoms. The van der Waals surface area contributed by atoms with Gasteiger partial charge in [0.05, 0.1) is 35.9 Å². The second kappa shape index (κ2) is 18.7. The van der Waals surface area contributed by atoms with Gasteiger partial charge in [0.1, 0.15) is 0 Å². The first kappa shape index (κ1) is 38.6. The number of hydrogen-bond acceptors (Lipinski definition) is 5. The summed E-state index contributed by atoms with van der Waals surface area (Å²) in [6.07, 6.45) is 27.1. The second-order valence-corrected chi connectivity index (χ2v) is 18.0. The van der Waals surface area contributed by atoms with Crippen LogP contribution in [-0.2, 0) is 23.9 Å². The van der Waals surface area contributed by atoms with E-state index >= 15 is 0 Å². The van der Waals surface area contributed by atoms with E-state index in [9.17, 15) is 29.4 Å². The minimum Gasteiger partial charge on any atom is -0.481 e. The third-order valence-corrected chi connectivity index (χ3v) is 14.4. The van der Waals surface area contributed by atoms with E-state index in [4.69, 9.17) is 4.74 Å². The van der Waals surface area contributed by atoms with Crippen LogP contribution in [0.15, 0.2) is 0 Å². The Kier molecular flexibility index (Phi) is 14.2. The molecule has 0 heterocycles. The molecule has 4 N–H and O–H groups in total. The van der Waals surface area contributed by atoms with Gasteiger partial charge in [0.15, 0.2) is 0 Å². The normalized spacial score (nSPS) is 37.3. The van der Waals surface area contributed by atoms with Crippen LogP contribution in [0.1, 0.15) is 167 Å². The Morgan fingerprint density at radius 3 is 1.16 bits per heavy atom. The molecule has 0 bridgehead atoms. The summed E-state index contributed by atoms with van der Waals surface area (Å²) in [6.45, 7) is 0. The average molecular weight is 713 g/mol. The number of ether oxygens (including phenoxy) is 1. The lowest BCUT2D eigenvalue weighted by Crippen LogP contribution is -2.47. The molecule has 0 spiro atoms. The molecule has 288 valence electrons. The van der Waals surface area contributed by atoms with Gasteiger partial charge in [0, 0.05) is 12.1 Å². The number of carbonyl (C=O) groups is 4. The summed E-state index contributed by atoms with van der Waals surface area (Å²) >= 11 is 0. The highest BCUT2D eigenvalue weighted by Gasteiger charge is 2.42. The molecule has 2 amide bonds. The zero-order valence-electron chi connectivity index (χ0n) is 31.2. The van der Waals surface area contributed by atoms with Gasteiger partial charge in [-0.15, -0.1) is 0 Å². The Bertz CT molecular complexity index is 1060. The molecule has 6 aliphatic carbocycles. The molecule has 6 aliphatic rings. The fraction of sp³-hybridized carbons (Fsp3) is 0.905. The lowest BCUT2D eigenvalue weighted by atomic mass is 9.69. The van der Waals surface area contributed by atoms with Crippen LogP contribution in [-0.4, -0.2) is 58.3 Å². The monoisotopic (exact) mass is 713 g/mol. The molecule has 0 saturated heterocycles. The average Bonchev–Trinajstić information content (AvgIpc) is 3.14. The highest BCUT2D eigenvalue weighted by atomic mass is 16.5. The van der Waals surface area contributed by atoms with Crippen molar-refractivity contribution in [3.63, 3.8) is 0 Å².